The van der Waals surface area contributed by atoms with Crippen LogP contribution in [0.5, 0.6) is 0 Å². The summed E-state index contributed by atoms with van der Waals surface area (Å²) < 4.78 is 0. The molecule has 5 nitrogen and oxygen atoms in total. The number of rotatable bonds is 5. The number of imide groups is 1. The summed E-state index contributed by atoms with van der Waals surface area (Å²) >= 11 is 0. The highest BCUT2D eigenvalue weighted by atomic mass is 16.2. The molecule has 1 aromatic carbocycles. The van der Waals surface area contributed by atoms with Crippen molar-refractivity contribution in [2.24, 2.45) is 0 Å². The zero-order valence-electron chi connectivity index (χ0n) is 12.4. The monoisotopic (exact) mass is 295 g/mol. The van der Waals surface area contributed by atoms with Crippen molar-refractivity contribution in [2.45, 2.75) is 6.92 Å². The Morgan fingerprint density at radius 1 is 1.05 bits per heavy atom. The van der Waals surface area contributed by atoms with E-state index in [0.717, 1.165) is 12.2 Å². The van der Waals surface area contributed by atoms with Gasteiger partial charge in [0.2, 0.25) is 0 Å². The molecule has 0 aliphatic carbocycles. The Balaban J connectivity index is 1.72. The topological polar surface area (TPSA) is 53.5 Å². The zero-order chi connectivity index (χ0) is 15.5. The van der Waals surface area contributed by atoms with Crippen molar-refractivity contribution in [2.75, 3.05) is 24.5 Å². The van der Waals surface area contributed by atoms with Crippen LogP contribution in [0, 0.1) is 0 Å². The molecule has 2 amide bonds. The summed E-state index contributed by atoms with van der Waals surface area (Å²) in [5, 5.41) is 0. The molecule has 112 valence electrons. The molecule has 0 fully saturated rings. The molecule has 2 aromatic rings. The molecule has 5 heteroatoms. The molecule has 1 aliphatic heterocycles. The number of carbonyl (C=O) groups is 2. The van der Waals surface area contributed by atoms with E-state index in [1.165, 1.54) is 4.90 Å². The summed E-state index contributed by atoms with van der Waals surface area (Å²) in [6.07, 6.45) is 3.51. The van der Waals surface area contributed by atoms with Gasteiger partial charge in [-0.15, -0.1) is 0 Å². The number of anilines is 1. The highest BCUT2D eigenvalue weighted by Gasteiger charge is 2.34. The van der Waals surface area contributed by atoms with Crippen LogP contribution in [0.2, 0.25) is 0 Å². The molecule has 3 rings (SSSR count). The number of carbonyl (C=O) groups excluding carboxylic acids is 2. The Bertz CT molecular complexity index is 665. The van der Waals surface area contributed by atoms with E-state index in [1.807, 2.05) is 19.1 Å². The lowest BCUT2D eigenvalue weighted by Crippen LogP contribution is -2.38. The third-order valence-corrected chi connectivity index (χ3v) is 3.86. The second-order valence-corrected chi connectivity index (χ2v) is 5.10. The molecule has 22 heavy (non-hydrogen) atoms. The van der Waals surface area contributed by atoms with Crippen molar-refractivity contribution in [3.05, 3.63) is 59.9 Å². The maximum atomic E-state index is 12.3. The van der Waals surface area contributed by atoms with Crippen LogP contribution in [-0.2, 0) is 0 Å². The van der Waals surface area contributed by atoms with E-state index in [-0.39, 0.29) is 11.8 Å². The second-order valence-electron chi connectivity index (χ2n) is 5.10. The molecular weight excluding hydrogens is 278 g/mol. The Morgan fingerprint density at radius 2 is 1.73 bits per heavy atom. The predicted octanol–water partition coefficient (Wildman–Crippen LogP) is 2.20. The van der Waals surface area contributed by atoms with Gasteiger partial charge in [0.1, 0.15) is 0 Å². The van der Waals surface area contributed by atoms with E-state index in [1.54, 1.807) is 36.7 Å². The lowest BCUT2D eigenvalue weighted by molar-refractivity contribution is 0.0658. The molecule has 0 saturated heterocycles. The van der Waals surface area contributed by atoms with Gasteiger partial charge in [-0.2, -0.15) is 0 Å². The SMILES string of the molecule is CCN(CCN1C(=O)c2ccccc2C1=O)c1cccnc1. The number of amides is 2. The number of hydrogen-bond donors (Lipinski definition) is 0. The fraction of sp³-hybridized carbons (Fsp3) is 0.235. The van der Waals surface area contributed by atoms with Crippen LogP contribution in [0.25, 0.3) is 0 Å². The predicted molar refractivity (Wildman–Crippen MR) is 83.9 cm³/mol. The van der Waals surface area contributed by atoms with Crippen LogP contribution in [0.4, 0.5) is 5.69 Å². The Labute approximate surface area is 129 Å². The molecule has 0 atom stereocenters. The van der Waals surface area contributed by atoms with Gasteiger partial charge in [-0.3, -0.25) is 19.5 Å². The van der Waals surface area contributed by atoms with Gasteiger partial charge in [0.05, 0.1) is 23.0 Å². The fourth-order valence-corrected chi connectivity index (χ4v) is 2.67. The number of benzene rings is 1. The molecule has 1 aliphatic rings. The second kappa shape index (κ2) is 5.97. The minimum absolute atomic E-state index is 0.206. The maximum absolute atomic E-state index is 12.3. The van der Waals surface area contributed by atoms with Gasteiger partial charge in [0.25, 0.3) is 11.8 Å². The average Bonchev–Trinajstić information content (AvgIpc) is 2.81. The Morgan fingerprint density at radius 3 is 2.27 bits per heavy atom. The van der Waals surface area contributed by atoms with E-state index in [2.05, 4.69) is 9.88 Å². The first-order chi connectivity index (χ1) is 10.7. The average molecular weight is 295 g/mol. The van der Waals surface area contributed by atoms with E-state index in [0.29, 0.717) is 24.2 Å². The largest absolute Gasteiger partial charge is 0.369 e. The van der Waals surface area contributed by atoms with Gasteiger partial charge in [0, 0.05) is 25.8 Å². The minimum Gasteiger partial charge on any atom is -0.369 e. The maximum Gasteiger partial charge on any atom is 0.261 e. The first kappa shape index (κ1) is 14.3. The number of pyridine rings is 1. The fourth-order valence-electron chi connectivity index (χ4n) is 2.67. The van der Waals surface area contributed by atoms with E-state index in [9.17, 15) is 9.59 Å². The quantitative estimate of drug-likeness (QED) is 0.794. The lowest BCUT2D eigenvalue weighted by Gasteiger charge is -2.25. The van der Waals surface area contributed by atoms with Crippen molar-refractivity contribution in [3.8, 4) is 0 Å². The van der Waals surface area contributed by atoms with Gasteiger partial charge in [0.15, 0.2) is 0 Å². The first-order valence-corrected chi connectivity index (χ1v) is 7.32. The van der Waals surface area contributed by atoms with Crippen molar-refractivity contribution in [3.63, 3.8) is 0 Å². The smallest absolute Gasteiger partial charge is 0.261 e. The Hall–Kier alpha value is -2.69. The van der Waals surface area contributed by atoms with Crippen LogP contribution in [0.15, 0.2) is 48.8 Å². The molecule has 0 radical (unpaired) electrons. The van der Waals surface area contributed by atoms with Crippen LogP contribution >= 0.6 is 0 Å². The molecule has 0 unspecified atom stereocenters. The summed E-state index contributed by atoms with van der Waals surface area (Å²) in [6, 6.07) is 10.8. The summed E-state index contributed by atoms with van der Waals surface area (Å²) in [7, 11) is 0. The summed E-state index contributed by atoms with van der Waals surface area (Å²) in [4.78, 5) is 32.2. The van der Waals surface area contributed by atoms with Crippen LogP contribution < -0.4 is 4.90 Å². The minimum atomic E-state index is -0.206. The summed E-state index contributed by atoms with van der Waals surface area (Å²) in [5.74, 6) is -0.411. The van der Waals surface area contributed by atoms with E-state index in [4.69, 9.17) is 0 Å². The van der Waals surface area contributed by atoms with Crippen LogP contribution in [0.3, 0.4) is 0 Å². The van der Waals surface area contributed by atoms with E-state index >= 15 is 0 Å². The van der Waals surface area contributed by atoms with Gasteiger partial charge < -0.3 is 4.90 Å². The van der Waals surface area contributed by atoms with Crippen molar-refractivity contribution in [1.82, 2.24) is 9.88 Å². The number of aromatic nitrogens is 1. The van der Waals surface area contributed by atoms with Crippen LogP contribution in [-0.4, -0.2) is 41.3 Å². The first-order valence-electron chi connectivity index (χ1n) is 7.32. The number of nitrogens with zero attached hydrogens (tertiary/aromatic N) is 3. The number of hydrogen-bond acceptors (Lipinski definition) is 4. The standard InChI is InChI=1S/C17H17N3O2/c1-2-19(13-6-5-9-18-12-13)10-11-20-16(21)14-7-3-4-8-15(14)17(20)22/h3-9,12H,2,10-11H2,1H3. The van der Waals surface area contributed by atoms with Gasteiger partial charge in [-0.25, -0.2) is 0 Å². The lowest BCUT2D eigenvalue weighted by atomic mass is 10.1. The zero-order valence-corrected chi connectivity index (χ0v) is 12.4. The molecule has 0 spiro atoms. The molecule has 0 bridgehead atoms. The number of likely N-dealkylation sites (N-methyl/N-ethyl adjacent to an activating group) is 1. The van der Waals surface area contributed by atoms with Gasteiger partial charge >= 0.3 is 0 Å². The van der Waals surface area contributed by atoms with E-state index < -0.39 is 0 Å². The van der Waals surface area contributed by atoms with Gasteiger partial charge in [-0.05, 0) is 31.2 Å². The molecule has 1 aromatic heterocycles. The van der Waals surface area contributed by atoms with Crippen molar-refractivity contribution in [1.29, 1.82) is 0 Å². The van der Waals surface area contributed by atoms with Crippen molar-refractivity contribution < 1.29 is 9.59 Å². The third-order valence-electron chi connectivity index (χ3n) is 3.86. The molecule has 0 N–H and O–H groups in total. The van der Waals surface area contributed by atoms with Gasteiger partial charge in [-0.1, -0.05) is 12.1 Å². The van der Waals surface area contributed by atoms with Crippen molar-refractivity contribution >= 4 is 17.5 Å². The molecule has 2 heterocycles. The summed E-state index contributed by atoms with van der Waals surface area (Å²) in [6.45, 7) is 3.78. The normalized spacial score (nSPS) is 13.4. The van der Waals surface area contributed by atoms with Crippen LogP contribution in [0.1, 0.15) is 27.6 Å². The molecule has 0 saturated carbocycles. The third kappa shape index (κ3) is 2.45. The highest BCUT2D eigenvalue weighted by molar-refractivity contribution is 6.21. The molecular formula is C17H17N3O2. The highest BCUT2D eigenvalue weighted by Crippen LogP contribution is 2.22. The Kier molecular flexibility index (Phi) is 3.87. The number of fused-ring (bicyclic) bond motifs is 1. The summed E-state index contributed by atoms with van der Waals surface area (Å²) in [5.41, 5.74) is 1.98.